The molecule has 7 heteroatoms. The molecule has 104 valence electrons. The first-order valence-electron chi connectivity index (χ1n) is 6.13. The second-order valence-electron chi connectivity index (χ2n) is 4.63. The fraction of sp³-hybridized carbons (Fsp3) is 0.583. The molecule has 1 aromatic heterocycles. The third kappa shape index (κ3) is 2.25. The molecule has 19 heavy (non-hydrogen) atoms. The number of hydrogen-bond acceptors (Lipinski definition) is 4. The summed E-state index contributed by atoms with van der Waals surface area (Å²) in [5, 5.41) is 0. The van der Waals surface area contributed by atoms with Crippen molar-refractivity contribution in [1.29, 1.82) is 0 Å². The van der Waals surface area contributed by atoms with Crippen molar-refractivity contribution in [2.45, 2.75) is 38.8 Å². The number of aromatic nitrogens is 2. The normalized spacial score (nSPS) is 30.5. The van der Waals surface area contributed by atoms with Gasteiger partial charge in [-0.05, 0) is 6.42 Å². The Morgan fingerprint density at radius 3 is 2.84 bits per heavy atom. The van der Waals surface area contributed by atoms with Crippen LogP contribution in [0.2, 0.25) is 0 Å². The van der Waals surface area contributed by atoms with Crippen molar-refractivity contribution in [3.8, 4) is 0 Å². The van der Waals surface area contributed by atoms with Crippen molar-refractivity contribution in [3.05, 3.63) is 28.4 Å². The highest BCUT2D eigenvalue weighted by atomic mass is 19.1. The number of carbonyl (C=O) groups excluding carboxylic acids is 1. The second kappa shape index (κ2) is 5.08. The van der Waals surface area contributed by atoms with Gasteiger partial charge in [-0.1, -0.05) is 13.8 Å². The number of halogens is 1. The van der Waals surface area contributed by atoms with Crippen LogP contribution in [0.3, 0.4) is 0 Å². The predicted molar refractivity (Wildman–Crippen MR) is 65.3 cm³/mol. The van der Waals surface area contributed by atoms with E-state index in [1.54, 1.807) is 6.92 Å². The molecule has 2 heterocycles. The standard InChI is InChI=1S/C12H16FN3O3/c1-3-7-6(2)8(13)12(19-7)16-5-4-15-9(10(14)17)11(16)18/h4-8,12H,3H2,1-2H3,(H2,14,17)/t6-,7+,8-,12+/m0/s1. The smallest absolute Gasteiger partial charge is 0.284 e. The number of alkyl halides is 1. The molecule has 1 amide bonds. The molecule has 0 spiro atoms. The summed E-state index contributed by atoms with van der Waals surface area (Å²) in [5.74, 6) is -1.25. The van der Waals surface area contributed by atoms with E-state index in [9.17, 15) is 14.0 Å². The molecule has 2 N–H and O–H groups in total. The second-order valence-corrected chi connectivity index (χ2v) is 4.63. The Kier molecular flexibility index (Phi) is 3.66. The summed E-state index contributed by atoms with van der Waals surface area (Å²) in [7, 11) is 0. The Labute approximate surface area is 109 Å². The maximum atomic E-state index is 14.2. The quantitative estimate of drug-likeness (QED) is 0.871. The van der Waals surface area contributed by atoms with Crippen molar-refractivity contribution in [1.82, 2.24) is 9.55 Å². The molecule has 0 aromatic carbocycles. The van der Waals surface area contributed by atoms with Crippen molar-refractivity contribution in [2.24, 2.45) is 11.7 Å². The molecule has 0 saturated carbocycles. The lowest BCUT2D eigenvalue weighted by Gasteiger charge is -2.16. The van der Waals surface area contributed by atoms with Gasteiger partial charge in [0.05, 0.1) is 6.10 Å². The first-order valence-corrected chi connectivity index (χ1v) is 6.13. The number of primary amides is 1. The van der Waals surface area contributed by atoms with Crippen LogP contribution < -0.4 is 11.3 Å². The highest BCUT2D eigenvalue weighted by Crippen LogP contribution is 2.36. The number of nitrogens with two attached hydrogens (primary N) is 1. The molecule has 4 atom stereocenters. The molecule has 6 nitrogen and oxygen atoms in total. The number of nitrogens with zero attached hydrogens (tertiary/aromatic N) is 2. The van der Waals surface area contributed by atoms with Crippen LogP contribution in [0.25, 0.3) is 0 Å². The zero-order valence-electron chi connectivity index (χ0n) is 10.7. The van der Waals surface area contributed by atoms with Crippen LogP contribution in [0.1, 0.15) is 37.0 Å². The molecule has 1 aliphatic heterocycles. The summed E-state index contributed by atoms with van der Waals surface area (Å²) in [4.78, 5) is 26.7. The van der Waals surface area contributed by atoms with E-state index in [-0.39, 0.29) is 12.0 Å². The van der Waals surface area contributed by atoms with Crippen molar-refractivity contribution in [3.63, 3.8) is 0 Å². The SMILES string of the molecule is CC[C@H]1O[C@@H](n2ccnc(C(N)=O)c2=O)[C@@H](F)[C@H]1C. The largest absolute Gasteiger partial charge is 0.364 e. The Balaban J connectivity index is 2.41. The molecule has 0 aliphatic carbocycles. The molecular formula is C12H16FN3O3. The Bertz CT molecular complexity index is 545. The molecule has 0 bridgehead atoms. The summed E-state index contributed by atoms with van der Waals surface area (Å²) in [5.41, 5.74) is 3.91. The minimum Gasteiger partial charge on any atom is -0.364 e. The minimum absolute atomic E-state index is 0.253. The topological polar surface area (TPSA) is 87.2 Å². The summed E-state index contributed by atoms with van der Waals surface area (Å²) in [6.07, 6.45) is 0.593. The van der Waals surface area contributed by atoms with Crippen LogP contribution in [-0.2, 0) is 4.74 Å². The molecule has 1 fully saturated rings. The van der Waals surface area contributed by atoms with Gasteiger partial charge >= 0.3 is 0 Å². The van der Waals surface area contributed by atoms with Crippen LogP contribution in [-0.4, -0.2) is 27.7 Å². The van der Waals surface area contributed by atoms with Gasteiger partial charge < -0.3 is 10.5 Å². The molecular weight excluding hydrogens is 253 g/mol. The highest BCUT2D eigenvalue weighted by molar-refractivity contribution is 5.90. The lowest BCUT2D eigenvalue weighted by atomic mass is 10.00. The van der Waals surface area contributed by atoms with Gasteiger partial charge in [0.1, 0.15) is 0 Å². The Hall–Kier alpha value is -1.76. The van der Waals surface area contributed by atoms with Gasteiger partial charge in [0.2, 0.25) is 0 Å². The predicted octanol–water partition coefficient (Wildman–Crippen LogP) is 0.624. The molecule has 0 radical (unpaired) electrons. The van der Waals surface area contributed by atoms with Crippen LogP contribution in [0.15, 0.2) is 17.2 Å². The van der Waals surface area contributed by atoms with Gasteiger partial charge in [-0.15, -0.1) is 0 Å². The van der Waals surface area contributed by atoms with Gasteiger partial charge in [0.25, 0.3) is 11.5 Å². The first kappa shape index (κ1) is 13.7. The van der Waals surface area contributed by atoms with Gasteiger partial charge in [0, 0.05) is 18.3 Å². The average molecular weight is 269 g/mol. The summed E-state index contributed by atoms with van der Waals surface area (Å²) in [6.45, 7) is 3.63. The van der Waals surface area contributed by atoms with Crippen molar-refractivity contribution < 1.29 is 13.9 Å². The Morgan fingerprint density at radius 1 is 1.63 bits per heavy atom. The van der Waals surface area contributed by atoms with E-state index in [2.05, 4.69) is 4.98 Å². The molecule has 1 saturated heterocycles. The number of amides is 1. The Morgan fingerprint density at radius 2 is 2.32 bits per heavy atom. The van der Waals surface area contributed by atoms with Crippen LogP contribution in [0.4, 0.5) is 4.39 Å². The van der Waals surface area contributed by atoms with E-state index < -0.39 is 29.6 Å². The molecule has 2 rings (SSSR count). The third-order valence-corrected chi connectivity index (χ3v) is 3.45. The lowest BCUT2D eigenvalue weighted by molar-refractivity contribution is -0.0230. The van der Waals surface area contributed by atoms with E-state index in [1.165, 1.54) is 12.4 Å². The number of carbonyl (C=O) groups is 1. The van der Waals surface area contributed by atoms with E-state index in [0.29, 0.717) is 6.42 Å². The van der Waals surface area contributed by atoms with Crippen molar-refractivity contribution >= 4 is 5.91 Å². The van der Waals surface area contributed by atoms with E-state index in [1.807, 2.05) is 6.92 Å². The van der Waals surface area contributed by atoms with E-state index >= 15 is 0 Å². The van der Waals surface area contributed by atoms with Crippen LogP contribution in [0, 0.1) is 5.92 Å². The number of ether oxygens (including phenoxy) is 1. The van der Waals surface area contributed by atoms with E-state index in [4.69, 9.17) is 10.5 Å². The fourth-order valence-corrected chi connectivity index (χ4v) is 2.32. The number of hydrogen-bond donors (Lipinski definition) is 1. The minimum atomic E-state index is -1.31. The maximum absolute atomic E-state index is 14.2. The number of rotatable bonds is 3. The zero-order chi connectivity index (χ0) is 14.2. The van der Waals surface area contributed by atoms with E-state index in [0.717, 1.165) is 4.57 Å². The van der Waals surface area contributed by atoms with Crippen LogP contribution >= 0.6 is 0 Å². The van der Waals surface area contributed by atoms with Crippen LogP contribution in [0.5, 0.6) is 0 Å². The van der Waals surface area contributed by atoms with Gasteiger partial charge in [-0.3, -0.25) is 14.2 Å². The highest BCUT2D eigenvalue weighted by Gasteiger charge is 2.42. The fourth-order valence-electron chi connectivity index (χ4n) is 2.32. The third-order valence-electron chi connectivity index (χ3n) is 3.45. The van der Waals surface area contributed by atoms with Gasteiger partial charge in [-0.25, -0.2) is 9.37 Å². The average Bonchev–Trinajstić information content (AvgIpc) is 2.66. The monoisotopic (exact) mass is 269 g/mol. The zero-order valence-corrected chi connectivity index (χ0v) is 10.7. The van der Waals surface area contributed by atoms with Gasteiger partial charge in [-0.2, -0.15) is 0 Å². The molecule has 1 aromatic rings. The maximum Gasteiger partial charge on any atom is 0.284 e. The summed E-state index contributed by atoms with van der Waals surface area (Å²) in [6, 6.07) is 0. The van der Waals surface area contributed by atoms with Gasteiger partial charge in [0.15, 0.2) is 18.1 Å². The van der Waals surface area contributed by atoms with Crippen molar-refractivity contribution in [2.75, 3.05) is 0 Å². The molecule has 0 unspecified atom stereocenters. The first-order chi connectivity index (χ1) is 8.97. The summed E-state index contributed by atoms with van der Waals surface area (Å²) < 4.78 is 20.8. The lowest BCUT2D eigenvalue weighted by Crippen LogP contribution is -2.35. The molecule has 1 aliphatic rings. The summed E-state index contributed by atoms with van der Waals surface area (Å²) >= 11 is 0.